The topological polar surface area (TPSA) is 132 Å². The van der Waals surface area contributed by atoms with Crippen molar-refractivity contribution in [3.05, 3.63) is 23.8 Å². The Morgan fingerprint density at radius 1 is 1.21 bits per heavy atom. The van der Waals surface area contributed by atoms with E-state index in [9.17, 15) is 18.8 Å². The monoisotopic (exact) mass is 474 g/mol. The maximum Gasteiger partial charge on any atom is 0.340 e. The van der Waals surface area contributed by atoms with Crippen molar-refractivity contribution in [2.24, 2.45) is 11.7 Å². The zero-order valence-corrected chi connectivity index (χ0v) is 19.3. The number of nitrogens with zero attached hydrogens (tertiary/aromatic N) is 3. The summed E-state index contributed by atoms with van der Waals surface area (Å²) in [5.41, 5.74) is 6.26. The fraction of sp³-hybridized carbons (Fsp3) is 0.565. The summed E-state index contributed by atoms with van der Waals surface area (Å²) in [6.07, 6.45) is 3.61. The van der Waals surface area contributed by atoms with Gasteiger partial charge in [0.05, 0.1) is 30.6 Å². The molecule has 2 fully saturated rings. The van der Waals surface area contributed by atoms with Crippen LogP contribution in [0.1, 0.15) is 38.2 Å². The maximum absolute atomic E-state index is 13.1. The third kappa shape index (κ3) is 5.14. The molecule has 1 aromatic carbocycles. The first-order valence-electron chi connectivity index (χ1n) is 11.7. The van der Waals surface area contributed by atoms with Gasteiger partial charge in [-0.05, 0) is 50.3 Å². The molecule has 0 radical (unpaired) electrons. The summed E-state index contributed by atoms with van der Waals surface area (Å²) >= 11 is 0. The number of amides is 2. The Bertz CT molecular complexity index is 1060. The van der Waals surface area contributed by atoms with Gasteiger partial charge in [0, 0.05) is 24.5 Å². The van der Waals surface area contributed by atoms with Gasteiger partial charge in [0.15, 0.2) is 5.82 Å². The minimum absolute atomic E-state index is 0.00848. The van der Waals surface area contributed by atoms with Crippen LogP contribution in [0.4, 0.5) is 15.0 Å². The normalized spacial score (nSPS) is 21.1. The zero-order valence-electron chi connectivity index (χ0n) is 19.3. The lowest BCUT2D eigenvalue weighted by atomic mass is 9.84. The second-order valence-corrected chi connectivity index (χ2v) is 8.91. The first-order chi connectivity index (χ1) is 16.4. The van der Waals surface area contributed by atoms with Gasteiger partial charge in [-0.1, -0.05) is 6.07 Å². The van der Waals surface area contributed by atoms with Gasteiger partial charge in [0.1, 0.15) is 6.67 Å². The quantitative estimate of drug-likeness (QED) is 0.497. The van der Waals surface area contributed by atoms with Crippen LogP contribution < -0.4 is 16.4 Å². The lowest BCUT2D eigenvalue weighted by Gasteiger charge is -2.46. The van der Waals surface area contributed by atoms with Crippen molar-refractivity contribution in [3.8, 4) is 0 Å². The summed E-state index contributed by atoms with van der Waals surface area (Å²) in [5.74, 6) is 0.0256. The molecular weight excluding hydrogens is 443 g/mol. The highest BCUT2D eigenvalue weighted by Gasteiger charge is 2.36. The Morgan fingerprint density at radius 2 is 1.94 bits per heavy atom. The smallest absolute Gasteiger partial charge is 0.340 e. The van der Waals surface area contributed by atoms with Crippen LogP contribution in [0.25, 0.3) is 10.9 Å². The van der Waals surface area contributed by atoms with Crippen molar-refractivity contribution in [1.29, 1.82) is 0 Å². The molecule has 0 atom stereocenters. The Labute approximate surface area is 197 Å². The molecule has 11 heteroatoms. The van der Waals surface area contributed by atoms with Crippen LogP contribution in [0.15, 0.2) is 18.2 Å². The second-order valence-electron chi connectivity index (χ2n) is 8.91. The number of anilines is 1. The van der Waals surface area contributed by atoms with E-state index in [1.807, 2.05) is 6.92 Å². The van der Waals surface area contributed by atoms with Crippen LogP contribution in [0.2, 0.25) is 0 Å². The molecule has 1 saturated carbocycles. The van der Waals surface area contributed by atoms with E-state index in [0.29, 0.717) is 34.9 Å². The fourth-order valence-corrected chi connectivity index (χ4v) is 4.83. The number of benzene rings is 1. The number of nitrogens with one attached hydrogen (secondary N) is 2. The van der Waals surface area contributed by atoms with Crippen molar-refractivity contribution < 1.29 is 23.5 Å². The molecule has 2 aliphatic rings. The number of carbonyl (C=O) groups is 3. The highest BCUT2D eigenvalue weighted by atomic mass is 19.1. The Hall–Kier alpha value is -3.21. The van der Waals surface area contributed by atoms with Gasteiger partial charge in [-0.15, -0.1) is 5.10 Å². The maximum atomic E-state index is 13.1. The summed E-state index contributed by atoms with van der Waals surface area (Å²) in [7, 11) is 0. The molecule has 1 aromatic heterocycles. The van der Waals surface area contributed by atoms with Crippen molar-refractivity contribution in [1.82, 2.24) is 20.0 Å². The molecule has 1 saturated heterocycles. The van der Waals surface area contributed by atoms with E-state index in [2.05, 4.69) is 20.6 Å². The summed E-state index contributed by atoms with van der Waals surface area (Å²) in [6, 6.07) is 4.46. The van der Waals surface area contributed by atoms with E-state index in [4.69, 9.17) is 10.5 Å². The molecule has 184 valence electrons. The summed E-state index contributed by atoms with van der Waals surface area (Å²) < 4.78 is 19.2. The summed E-state index contributed by atoms with van der Waals surface area (Å²) in [6.45, 7) is 3.11. The van der Waals surface area contributed by atoms with Crippen LogP contribution in [-0.4, -0.2) is 70.9 Å². The number of carbonyl (C=O) groups excluding carboxylic acids is 3. The number of nitrogens with two attached hydrogens (primary N) is 1. The van der Waals surface area contributed by atoms with Crippen LogP contribution in [0.5, 0.6) is 0 Å². The second kappa shape index (κ2) is 10.4. The molecular formula is C23H31FN6O4. The number of hydrogen-bond acceptors (Lipinski definition) is 7. The molecule has 2 heterocycles. The number of fused-ring (bicyclic) bond motifs is 1. The molecule has 10 nitrogen and oxygen atoms in total. The SMILES string of the molecule is CCOC(=O)C1CCC(N2CC(NC(=O)CNc3nn(C(N)=O)c4ccc(CF)cc34)C2)CC1. The van der Waals surface area contributed by atoms with Crippen LogP contribution >= 0.6 is 0 Å². The molecule has 0 spiro atoms. The lowest BCUT2D eigenvalue weighted by Crippen LogP contribution is -2.63. The summed E-state index contributed by atoms with van der Waals surface area (Å²) in [4.78, 5) is 38.4. The van der Waals surface area contributed by atoms with Crippen LogP contribution in [0, 0.1) is 5.92 Å². The Morgan fingerprint density at radius 3 is 2.59 bits per heavy atom. The van der Waals surface area contributed by atoms with Gasteiger partial charge < -0.3 is 21.1 Å². The summed E-state index contributed by atoms with van der Waals surface area (Å²) in [5, 5.41) is 10.6. The number of likely N-dealkylation sites (tertiary alicyclic amines) is 1. The molecule has 1 aliphatic carbocycles. The van der Waals surface area contributed by atoms with E-state index < -0.39 is 12.7 Å². The van der Waals surface area contributed by atoms with Gasteiger partial charge in [-0.25, -0.2) is 9.18 Å². The van der Waals surface area contributed by atoms with Gasteiger partial charge in [-0.2, -0.15) is 4.68 Å². The van der Waals surface area contributed by atoms with Gasteiger partial charge in [0.2, 0.25) is 5.91 Å². The van der Waals surface area contributed by atoms with E-state index in [-0.39, 0.29) is 30.4 Å². The standard InChI is InChI=1S/C23H31FN6O4/c1-2-34-22(32)15-4-6-17(7-5-15)29-12-16(13-29)27-20(31)11-26-21-18-9-14(10-24)3-8-19(18)30(28-21)23(25)33/h3,8-9,15-17H,2,4-7,10-13H2,1H3,(H2,25,33)(H,26,28)(H,27,31). The lowest BCUT2D eigenvalue weighted by molar-refractivity contribution is -0.149. The predicted molar refractivity (Wildman–Crippen MR) is 124 cm³/mol. The molecule has 34 heavy (non-hydrogen) atoms. The van der Waals surface area contributed by atoms with Crippen molar-refractivity contribution in [2.45, 2.75) is 51.4 Å². The van der Waals surface area contributed by atoms with Crippen molar-refractivity contribution in [2.75, 3.05) is 31.6 Å². The Balaban J connectivity index is 1.24. The molecule has 4 rings (SSSR count). The van der Waals surface area contributed by atoms with Gasteiger partial charge in [0.25, 0.3) is 0 Å². The highest BCUT2D eigenvalue weighted by Crippen LogP contribution is 2.31. The number of rotatable bonds is 8. The molecule has 0 bridgehead atoms. The first kappa shape index (κ1) is 23.9. The van der Waals surface area contributed by atoms with Crippen molar-refractivity contribution in [3.63, 3.8) is 0 Å². The molecule has 0 unspecified atom stereocenters. The predicted octanol–water partition coefficient (Wildman–Crippen LogP) is 1.77. The number of alkyl halides is 1. The average Bonchev–Trinajstić information content (AvgIpc) is 3.18. The molecule has 2 amide bonds. The Kier molecular flexibility index (Phi) is 7.30. The number of ether oxygens (including phenoxy) is 1. The minimum Gasteiger partial charge on any atom is -0.466 e. The number of aromatic nitrogens is 2. The first-order valence-corrected chi connectivity index (χ1v) is 11.7. The van der Waals surface area contributed by atoms with Crippen molar-refractivity contribution >= 4 is 34.6 Å². The van der Waals surface area contributed by atoms with Gasteiger partial charge in [-0.3, -0.25) is 14.5 Å². The number of esters is 1. The van der Waals surface area contributed by atoms with E-state index in [0.717, 1.165) is 43.5 Å². The highest BCUT2D eigenvalue weighted by molar-refractivity contribution is 5.97. The molecule has 1 aliphatic heterocycles. The zero-order chi connectivity index (χ0) is 24.2. The molecule has 2 aromatic rings. The number of hydrogen-bond donors (Lipinski definition) is 3. The number of primary amides is 1. The van der Waals surface area contributed by atoms with E-state index in [1.54, 1.807) is 18.2 Å². The van der Waals surface area contributed by atoms with Gasteiger partial charge >= 0.3 is 12.0 Å². The average molecular weight is 475 g/mol. The van der Waals surface area contributed by atoms with E-state index >= 15 is 0 Å². The number of halogens is 1. The molecule has 4 N–H and O–H groups in total. The third-order valence-corrected chi connectivity index (χ3v) is 6.63. The third-order valence-electron chi connectivity index (χ3n) is 6.63. The fourth-order valence-electron chi connectivity index (χ4n) is 4.83. The van der Waals surface area contributed by atoms with Crippen LogP contribution in [-0.2, 0) is 21.0 Å². The minimum atomic E-state index is -0.763. The van der Waals surface area contributed by atoms with Crippen LogP contribution in [0.3, 0.4) is 0 Å². The largest absolute Gasteiger partial charge is 0.466 e. The van der Waals surface area contributed by atoms with E-state index in [1.165, 1.54) is 0 Å².